The smallest absolute Gasteiger partial charge is 0.129 e. The van der Waals surface area contributed by atoms with E-state index in [-0.39, 0.29) is 0 Å². The molecule has 0 radical (unpaired) electrons. The Labute approximate surface area is 97.9 Å². The summed E-state index contributed by atoms with van der Waals surface area (Å²) in [6, 6.07) is 6.90. The molecule has 0 saturated carbocycles. The Morgan fingerprint density at radius 2 is 2.38 bits per heavy atom. The van der Waals surface area contributed by atoms with Crippen LogP contribution in [0.3, 0.4) is 0 Å². The zero-order chi connectivity index (χ0) is 11.4. The van der Waals surface area contributed by atoms with Gasteiger partial charge in [0.1, 0.15) is 5.82 Å². The van der Waals surface area contributed by atoms with E-state index in [0.29, 0.717) is 6.04 Å². The lowest BCUT2D eigenvalue weighted by atomic mass is 10.2. The summed E-state index contributed by atoms with van der Waals surface area (Å²) in [5.41, 5.74) is 1.10. The number of nitrogens with zero attached hydrogens (tertiary/aromatic N) is 2. The molecule has 0 aliphatic carbocycles. The van der Waals surface area contributed by atoms with E-state index in [1.165, 1.54) is 12.8 Å². The SMILES string of the molecule is CCCN(c1cccc(C)n1)C1CCNC1. The van der Waals surface area contributed by atoms with Gasteiger partial charge in [0, 0.05) is 24.8 Å². The molecule has 0 aromatic carbocycles. The van der Waals surface area contributed by atoms with Crippen molar-refractivity contribution in [3.8, 4) is 0 Å². The third-order valence-electron chi connectivity index (χ3n) is 3.11. The molecule has 2 rings (SSSR count). The number of rotatable bonds is 4. The number of aryl methyl sites for hydroxylation is 1. The topological polar surface area (TPSA) is 28.2 Å². The van der Waals surface area contributed by atoms with Gasteiger partial charge in [0.05, 0.1) is 0 Å². The van der Waals surface area contributed by atoms with Crippen LogP contribution < -0.4 is 10.2 Å². The van der Waals surface area contributed by atoms with Crippen molar-refractivity contribution in [2.75, 3.05) is 24.5 Å². The lowest BCUT2D eigenvalue weighted by molar-refractivity contribution is 0.617. The number of aromatic nitrogens is 1. The molecule has 88 valence electrons. The van der Waals surface area contributed by atoms with E-state index >= 15 is 0 Å². The highest BCUT2D eigenvalue weighted by Crippen LogP contribution is 2.18. The van der Waals surface area contributed by atoms with Crippen molar-refractivity contribution >= 4 is 5.82 Å². The van der Waals surface area contributed by atoms with Crippen LogP contribution in [0.15, 0.2) is 18.2 Å². The van der Waals surface area contributed by atoms with Gasteiger partial charge in [-0.05, 0) is 38.4 Å². The lowest BCUT2D eigenvalue weighted by Crippen LogP contribution is -2.38. The standard InChI is InChI=1S/C13H21N3/c1-3-9-16(12-7-8-14-10-12)13-6-4-5-11(2)15-13/h4-6,12,14H,3,7-10H2,1-2H3. The van der Waals surface area contributed by atoms with Crippen LogP contribution in [0.2, 0.25) is 0 Å². The molecular formula is C13H21N3. The molecule has 1 aliphatic heterocycles. The summed E-state index contributed by atoms with van der Waals surface area (Å²) in [5.74, 6) is 1.13. The second-order valence-corrected chi connectivity index (χ2v) is 4.48. The van der Waals surface area contributed by atoms with Crippen LogP contribution in [0, 0.1) is 6.92 Å². The summed E-state index contributed by atoms with van der Waals surface area (Å²) in [6.07, 6.45) is 2.40. The van der Waals surface area contributed by atoms with Crippen LogP contribution in [0.1, 0.15) is 25.5 Å². The Morgan fingerprint density at radius 1 is 1.50 bits per heavy atom. The predicted octanol–water partition coefficient (Wildman–Crippen LogP) is 1.97. The quantitative estimate of drug-likeness (QED) is 0.839. The van der Waals surface area contributed by atoms with E-state index in [1.54, 1.807) is 0 Å². The van der Waals surface area contributed by atoms with Crippen molar-refractivity contribution in [1.82, 2.24) is 10.3 Å². The molecular weight excluding hydrogens is 198 g/mol. The molecule has 1 aromatic heterocycles. The number of anilines is 1. The molecule has 3 heteroatoms. The molecule has 1 fully saturated rings. The molecule has 1 unspecified atom stereocenters. The summed E-state index contributed by atoms with van der Waals surface area (Å²) in [5, 5.41) is 3.43. The Balaban J connectivity index is 2.17. The summed E-state index contributed by atoms with van der Waals surface area (Å²) < 4.78 is 0. The number of pyridine rings is 1. The molecule has 1 N–H and O–H groups in total. The maximum Gasteiger partial charge on any atom is 0.129 e. The maximum absolute atomic E-state index is 4.63. The minimum absolute atomic E-state index is 0.620. The van der Waals surface area contributed by atoms with E-state index < -0.39 is 0 Å². The van der Waals surface area contributed by atoms with Gasteiger partial charge in [-0.1, -0.05) is 13.0 Å². The van der Waals surface area contributed by atoms with Gasteiger partial charge in [0.2, 0.25) is 0 Å². The molecule has 1 aliphatic rings. The zero-order valence-corrected chi connectivity index (χ0v) is 10.2. The fraction of sp³-hybridized carbons (Fsp3) is 0.615. The first-order chi connectivity index (χ1) is 7.81. The van der Waals surface area contributed by atoms with Gasteiger partial charge in [-0.25, -0.2) is 4.98 Å². The van der Waals surface area contributed by atoms with Gasteiger partial charge in [0.25, 0.3) is 0 Å². The summed E-state index contributed by atoms with van der Waals surface area (Å²) in [4.78, 5) is 7.09. The van der Waals surface area contributed by atoms with E-state index in [2.05, 4.69) is 47.2 Å². The Hall–Kier alpha value is -1.09. The van der Waals surface area contributed by atoms with Crippen LogP contribution in [-0.4, -0.2) is 30.7 Å². The highest BCUT2D eigenvalue weighted by Gasteiger charge is 2.22. The first-order valence-corrected chi connectivity index (χ1v) is 6.22. The highest BCUT2D eigenvalue weighted by molar-refractivity contribution is 5.41. The van der Waals surface area contributed by atoms with Gasteiger partial charge in [0.15, 0.2) is 0 Å². The summed E-state index contributed by atoms with van der Waals surface area (Å²) in [6.45, 7) is 7.61. The van der Waals surface area contributed by atoms with Gasteiger partial charge >= 0.3 is 0 Å². The van der Waals surface area contributed by atoms with Gasteiger partial charge in [-0.3, -0.25) is 0 Å². The number of nitrogens with one attached hydrogen (secondary N) is 1. The molecule has 0 spiro atoms. The van der Waals surface area contributed by atoms with Crippen LogP contribution in [0.25, 0.3) is 0 Å². The van der Waals surface area contributed by atoms with Crippen molar-refractivity contribution in [1.29, 1.82) is 0 Å². The van der Waals surface area contributed by atoms with Crippen LogP contribution in [-0.2, 0) is 0 Å². The fourth-order valence-electron chi connectivity index (χ4n) is 2.32. The molecule has 3 nitrogen and oxygen atoms in total. The zero-order valence-electron chi connectivity index (χ0n) is 10.2. The van der Waals surface area contributed by atoms with E-state index in [0.717, 1.165) is 31.1 Å². The third kappa shape index (κ3) is 2.53. The molecule has 16 heavy (non-hydrogen) atoms. The van der Waals surface area contributed by atoms with Crippen molar-refractivity contribution in [2.24, 2.45) is 0 Å². The third-order valence-corrected chi connectivity index (χ3v) is 3.11. The van der Waals surface area contributed by atoms with Crippen LogP contribution in [0.4, 0.5) is 5.82 Å². The van der Waals surface area contributed by atoms with Crippen molar-refractivity contribution in [3.63, 3.8) is 0 Å². The minimum atomic E-state index is 0.620. The van der Waals surface area contributed by atoms with E-state index in [4.69, 9.17) is 0 Å². The van der Waals surface area contributed by atoms with Gasteiger partial charge in [-0.2, -0.15) is 0 Å². The van der Waals surface area contributed by atoms with Gasteiger partial charge < -0.3 is 10.2 Å². The first-order valence-electron chi connectivity index (χ1n) is 6.22. The molecule has 0 bridgehead atoms. The fourth-order valence-corrected chi connectivity index (χ4v) is 2.32. The largest absolute Gasteiger partial charge is 0.352 e. The second kappa shape index (κ2) is 5.30. The molecule has 1 atom stereocenters. The Bertz CT molecular complexity index is 332. The molecule has 1 saturated heterocycles. The van der Waals surface area contributed by atoms with Crippen molar-refractivity contribution in [3.05, 3.63) is 23.9 Å². The average molecular weight is 219 g/mol. The van der Waals surface area contributed by atoms with E-state index in [1.807, 2.05) is 0 Å². The normalized spacial score (nSPS) is 20.0. The van der Waals surface area contributed by atoms with Crippen LogP contribution >= 0.6 is 0 Å². The van der Waals surface area contributed by atoms with E-state index in [9.17, 15) is 0 Å². The summed E-state index contributed by atoms with van der Waals surface area (Å²) >= 11 is 0. The highest BCUT2D eigenvalue weighted by atomic mass is 15.2. The second-order valence-electron chi connectivity index (χ2n) is 4.48. The monoisotopic (exact) mass is 219 g/mol. The van der Waals surface area contributed by atoms with Gasteiger partial charge in [-0.15, -0.1) is 0 Å². The molecule has 1 aromatic rings. The van der Waals surface area contributed by atoms with Crippen LogP contribution in [0.5, 0.6) is 0 Å². The first kappa shape index (κ1) is 11.4. The van der Waals surface area contributed by atoms with Crippen molar-refractivity contribution in [2.45, 2.75) is 32.7 Å². The minimum Gasteiger partial charge on any atom is -0.352 e. The number of hydrogen-bond acceptors (Lipinski definition) is 3. The lowest BCUT2D eigenvalue weighted by Gasteiger charge is -2.29. The molecule has 0 amide bonds. The predicted molar refractivity (Wildman–Crippen MR) is 67.9 cm³/mol. The van der Waals surface area contributed by atoms with Crippen molar-refractivity contribution < 1.29 is 0 Å². The Kier molecular flexibility index (Phi) is 3.78. The maximum atomic E-state index is 4.63. The Morgan fingerprint density at radius 3 is 3.00 bits per heavy atom. The molecule has 2 heterocycles. The number of hydrogen-bond donors (Lipinski definition) is 1. The summed E-state index contributed by atoms with van der Waals surface area (Å²) in [7, 11) is 0. The average Bonchev–Trinajstić information content (AvgIpc) is 2.79.